The molecule has 0 aromatic carbocycles. The lowest BCUT2D eigenvalue weighted by molar-refractivity contribution is -0.0109. The van der Waals surface area contributed by atoms with E-state index < -0.39 is 5.60 Å². The van der Waals surface area contributed by atoms with Crippen molar-refractivity contribution in [2.45, 2.75) is 38.2 Å². The largest absolute Gasteiger partial charge is 0.389 e. The molecular formula is C11H20ClNO. The Labute approximate surface area is 91.3 Å². The molecule has 0 heterocycles. The normalized spacial score (nSPS) is 33.8. The Kier molecular flexibility index (Phi) is 4.93. The Morgan fingerprint density at radius 3 is 3.07 bits per heavy atom. The first kappa shape index (κ1) is 12.0. The Bertz CT molecular complexity index is 196. The van der Waals surface area contributed by atoms with Crippen LogP contribution in [0.25, 0.3) is 0 Å². The standard InChI is InChI=1S/C11H20ClNO/c1-10-4-2-5-11(14,8-10)9-13-7-3-6-12/h3,6,10,13-14H,2,4-5,7-9H2,1H3/b6-3+. The maximum atomic E-state index is 10.2. The van der Waals surface area contributed by atoms with Gasteiger partial charge >= 0.3 is 0 Å². The first-order valence-electron chi connectivity index (χ1n) is 5.35. The molecule has 0 aromatic rings. The maximum absolute atomic E-state index is 10.2. The molecule has 2 nitrogen and oxygen atoms in total. The van der Waals surface area contributed by atoms with E-state index in [1.165, 1.54) is 12.0 Å². The van der Waals surface area contributed by atoms with Gasteiger partial charge in [0.25, 0.3) is 0 Å². The highest BCUT2D eigenvalue weighted by Crippen LogP contribution is 2.31. The van der Waals surface area contributed by atoms with Crippen LogP contribution in [0, 0.1) is 5.92 Å². The van der Waals surface area contributed by atoms with E-state index in [0.717, 1.165) is 25.8 Å². The summed E-state index contributed by atoms with van der Waals surface area (Å²) in [5.74, 6) is 0.652. The fourth-order valence-corrected chi connectivity index (χ4v) is 2.31. The van der Waals surface area contributed by atoms with Gasteiger partial charge in [0, 0.05) is 18.6 Å². The Morgan fingerprint density at radius 1 is 1.64 bits per heavy atom. The van der Waals surface area contributed by atoms with E-state index in [1.807, 2.05) is 6.08 Å². The van der Waals surface area contributed by atoms with Gasteiger partial charge in [-0.1, -0.05) is 37.4 Å². The quantitative estimate of drug-likeness (QED) is 0.709. The van der Waals surface area contributed by atoms with Crippen LogP contribution in [0.3, 0.4) is 0 Å². The molecule has 0 saturated heterocycles. The van der Waals surface area contributed by atoms with E-state index in [9.17, 15) is 5.11 Å². The summed E-state index contributed by atoms with van der Waals surface area (Å²) < 4.78 is 0. The number of halogens is 1. The molecule has 1 aliphatic carbocycles. The molecule has 2 atom stereocenters. The van der Waals surface area contributed by atoms with Crippen molar-refractivity contribution in [1.82, 2.24) is 5.32 Å². The molecule has 2 N–H and O–H groups in total. The van der Waals surface area contributed by atoms with Gasteiger partial charge in [0.1, 0.15) is 0 Å². The van der Waals surface area contributed by atoms with Crippen LogP contribution in [0.4, 0.5) is 0 Å². The van der Waals surface area contributed by atoms with Crippen LogP contribution >= 0.6 is 11.6 Å². The van der Waals surface area contributed by atoms with Crippen LogP contribution in [0.15, 0.2) is 11.6 Å². The zero-order chi connectivity index (χ0) is 10.4. The van der Waals surface area contributed by atoms with Gasteiger partial charge < -0.3 is 10.4 Å². The van der Waals surface area contributed by atoms with Crippen molar-refractivity contribution < 1.29 is 5.11 Å². The molecule has 0 bridgehead atoms. The van der Waals surface area contributed by atoms with Crippen molar-refractivity contribution in [3.63, 3.8) is 0 Å². The molecule has 1 rings (SSSR count). The summed E-state index contributed by atoms with van der Waals surface area (Å²) in [5.41, 5.74) is 1.01. The first-order valence-corrected chi connectivity index (χ1v) is 5.78. The second-order valence-corrected chi connectivity index (χ2v) is 4.67. The van der Waals surface area contributed by atoms with E-state index in [4.69, 9.17) is 11.6 Å². The number of rotatable bonds is 4. The van der Waals surface area contributed by atoms with Gasteiger partial charge in [0.05, 0.1) is 5.60 Å². The number of aliphatic hydroxyl groups is 1. The molecule has 0 spiro atoms. The minimum Gasteiger partial charge on any atom is -0.389 e. The van der Waals surface area contributed by atoms with Gasteiger partial charge in [-0.3, -0.25) is 0 Å². The van der Waals surface area contributed by atoms with E-state index in [1.54, 1.807) is 0 Å². The fourth-order valence-electron chi connectivity index (χ4n) is 2.23. The fraction of sp³-hybridized carbons (Fsp3) is 0.818. The van der Waals surface area contributed by atoms with E-state index >= 15 is 0 Å². The van der Waals surface area contributed by atoms with Crippen LogP contribution in [0.1, 0.15) is 32.6 Å². The predicted molar refractivity (Wildman–Crippen MR) is 60.4 cm³/mol. The van der Waals surface area contributed by atoms with Crippen LogP contribution in [-0.2, 0) is 0 Å². The Balaban J connectivity index is 2.26. The lowest BCUT2D eigenvalue weighted by Gasteiger charge is -2.35. The zero-order valence-corrected chi connectivity index (χ0v) is 9.56. The minimum absolute atomic E-state index is 0.488. The van der Waals surface area contributed by atoms with Crippen LogP contribution < -0.4 is 5.32 Å². The molecule has 1 aliphatic rings. The molecule has 82 valence electrons. The molecule has 1 fully saturated rings. The molecule has 2 unspecified atom stereocenters. The van der Waals surface area contributed by atoms with Gasteiger partial charge in [-0.15, -0.1) is 0 Å². The lowest BCUT2D eigenvalue weighted by Crippen LogP contribution is -2.44. The van der Waals surface area contributed by atoms with Crippen molar-refractivity contribution in [3.8, 4) is 0 Å². The molecule has 0 amide bonds. The summed E-state index contributed by atoms with van der Waals surface area (Å²) in [5, 5.41) is 13.4. The maximum Gasteiger partial charge on any atom is 0.0774 e. The summed E-state index contributed by atoms with van der Waals surface area (Å²) in [7, 11) is 0. The highest BCUT2D eigenvalue weighted by molar-refractivity contribution is 6.25. The summed E-state index contributed by atoms with van der Waals surface area (Å²) in [6, 6.07) is 0. The third kappa shape index (κ3) is 3.99. The zero-order valence-electron chi connectivity index (χ0n) is 8.80. The van der Waals surface area contributed by atoms with Crippen molar-refractivity contribution in [1.29, 1.82) is 0 Å². The SMILES string of the molecule is CC1CCCC(O)(CNC/C=C/Cl)C1. The second-order valence-electron chi connectivity index (χ2n) is 4.42. The molecule has 0 aromatic heterocycles. The van der Waals surface area contributed by atoms with Gasteiger partial charge in [-0.2, -0.15) is 0 Å². The van der Waals surface area contributed by atoms with Crippen molar-refractivity contribution in [2.24, 2.45) is 5.92 Å². The highest BCUT2D eigenvalue weighted by atomic mass is 35.5. The highest BCUT2D eigenvalue weighted by Gasteiger charge is 2.31. The average molecular weight is 218 g/mol. The van der Waals surface area contributed by atoms with Crippen molar-refractivity contribution in [2.75, 3.05) is 13.1 Å². The monoisotopic (exact) mass is 217 g/mol. The van der Waals surface area contributed by atoms with Gasteiger partial charge in [0.2, 0.25) is 0 Å². The van der Waals surface area contributed by atoms with Gasteiger partial charge in [-0.05, 0) is 18.8 Å². The number of nitrogens with one attached hydrogen (secondary N) is 1. The Morgan fingerprint density at radius 2 is 2.43 bits per heavy atom. The third-order valence-electron chi connectivity index (χ3n) is 2.87. The van der Waals surface area contributed by atoms with E-state index in [2.05, 4.69) is 12.2 Å². The van der Waals surface area contributed by atoms with Gasteiger partial charge in [0.15, 0.2) is 0 Å². The third-order valence-corrected chi connectivity index (χ3v) is 3.05. The molecule has 3 heteroatoms. The Hall–Kier alpha value is -0.0500. The number of hydrogen-bond donors (Lipinski definition) is 2. The smallest absolute Gasteiger partial charge is 0.0774 e. The second kappa shape index (κ2) is 5.74. The van der Waals surface area contributed by atoms with Crippen LogP contribution in [-0.4, -0.2) is 23.8 Å². The summed E-state index contributed by atoms with van der Waals surface area (Å²) >= 11 is 5.40. The van der Waals surface area contributed by atoms with E-state index in [0.29, 0.717) is 12.5 Å². The predicted octanol–water partition coefficient (Wildman–Crippen LogP) is 2.27. The summed E-state index contributed by atoms with van der Waals surface area (Å²) in [6.07, 6.45) is 6.09. The molecule has 0 radical (unpaired) electrons. The number of hydrogen-bond acceptors (Lipinski definition) is 2. The van der Waals surface area contributed by atoms with Crippen molar-refractivity contribution >= 4 is 11.6 Å². The average Bonchev–Trinajstić information content (AvgIpc) is 2.12. The molecule has 1 saturated carbocycles. The minimum atomic E-state index is -0.488. The van der Waals surface area contributed by atoms with Crippen molar-refractivity contribution in [3.05, 3.63) is 11.6 Å². The molecular weight excluding hydrogens is 198 g/mol. The lowest BCUT2D eigenvalue weighted by atomic mass is 9.79. The first-order chi connectivity index (χ1) is 6.66. The topological polar surface area (TPSA) is 32.3 Å². The summed E-state index contributed by atoms with van der Waals surface area (Å²) in [6.45, 7) is 3.63. The van der Waals surface area contributed by atoms with Gasteiger partial charge in [-0.25, -0.2) is 0 Å². The van der Waals surface area contributed by atoms with E-state index in [-0.39, 0.29) is 0 Å². The van der Waals surface area contributed by atoms with Crippen LogP contribution in [0.5, 0.6) is 0 Å². The molecule has 0 aliphatic heterocycles. The molecule has 14 heavy (non-hydrogen) atoms. The van der Waals surface area contributed by atoms with Crippen LogP contribution in [0.2, 0.25) is 0 Å². The summed E-state index contributed by atoms with van der Waals surface area (Å²) in [4.78, 5) is 0.